The van der Waals surface area contributed by atoms with Crippen molar-refractivity contribution in [3.05, 3.63) is 35.9 Å². The number of rotatable bonds is 8. The van der Waals surface area contributed by atoms with E-state index in [0.29, 0.717) is 12.3 Å². The van der Waals surface area contributed by atoms with Gasteiger partial charge in [-0.25, -0.2) is 8.42 Å². The minimum absolute atomic E-state index is 0.0331. The van der Waals surface area contributed by atoms with Gasteiger partial charge >= 0.3 is 5.97 Å². The number of ether oxygens (including phenoxy) is 1. The van der Waals surface area contributed by atoms with E-state index in [4.69, 9.17) is 4.74 Å². The minimum Gasteiger partial charge on any atom is -0.469 e. The Morgan fingerprint density at radius 2 is 1.92 bits per heavy atom. The normalized spacial score (nSPS) is 17.4. The summed E-state index contributed by atoms with van der Waals surface area (Å²) < 4.78 is 29.8. The van der Waals surface area contributed by atoms with Crippen molar-refractivity contribution in [2.24, 2.45) is 11.8 Å². The zero-order chi connectivity index (χ0) is 17.4. The summed E-state index contributed by atoms with van der Waals surface area (Å²) in [6.45, 7) is 2.00. The maximum absolute atomic E-state index is 12.5. The first-order chi connectivity index (χ1) is 11.5. The van der Waals surface area contributed by atoms with Crippen molar-refractivity contribution in [1.29, 1.82) is 0 Å². The lowest BCUT2D eigenvalue weighted by Crippen LogP contribution is -2.30. The molecule has 0 unspecified atom stereocenters. The van der Waals surface area contributed by atoms with E-state index in [0.717, 1.165) is 37.9 Å². The van der Waals surface area contributed by atoms with Crippen molar-refractivity contribution in [2.75, 3.05) is 26.0 Å². The standard InChI is InChI=1S/C18H27NO4S/c1-23-18(20)17(8-7-15-9-11-19-12-10-15)14-24(21,22)13-16-5-3-2-4-6-16/h2-6,15,17,19H,7-14H2,1H3/t17-/m0/s1. The zero-order valence-corrected chi connectivity index (χ0v) is 15.1. The lowest BCUT2D eigenvalue weighted by Gasteiger charge is -2.24. The molecule has 0 aliphatic carbocycles. The lowest BCUT2D eigenvalue weighted by atomic mass is 9.90. The first-order valence-electron chi connectivity index (χ1n) is 8.53. The molecule has 1 atom stereocenters. The number of methoxy groups -OCH3 is 1. The summed E-state index contributed by atoms with van der Waals surface area (Å²) in [6, 6.07) is 9.07. The number of benzene rings is 1. The average Bonchev–Trinajstić information content (AvgIpc) is 2.59. The van der Waals surface area contributed by atoms with E-state index in [1.54, 1.807) is 12.1 Å². The van der Waals surface area contributed by atoms with Gasteiger partial charge in [-0.2, -0.15) is 0 Å². The predicted octanol–water partition coefficient (Wildman–Crippen LogP) is 2.17. The van der Waals surface area contributed by atoms with Crippen LogP contribution in [0.25, 0.3) is 0 Å². The van der Waals surface area contributed by atoms with Gasteiger partial charge in [-0.15, -0.1) is 0 Å². The molecule has 0 bridgehead atoms. The molecule has 1 aromatic rings. The first-order valence-corrected chi connectivity index (χ1v) is 10.3. The van der Waals surface area contributed by atoms with Crippen molar-refractivity contribution < 1.29 is 17.9 Å². The Morgan fingerprint density at radius 1 is 1.25 bits per heavy atom. The molecule has 5 nitrogen and oxygen atoms in total. The number of hydrogen-bond donors (Lipinski definition) is 1. The smallest absolute Gasteiger partial charge is 0.309 e. The summed E-state index contributed by atoms with van der Waals surface area (Å²) in [4.78, 5) is 12.0. The second-order valence-electron chi connectivity index (χ2n) is 6.53. The van der Waals surface area contributed by atoms with Gasteiger partial charge in [-0.1, -0.05) is 30.3 Å². The van der Waals surface area contributed by atoms with Crippen LogP contribution in [0.15, 0.2) is 30.3 Å². The third-order valence-electron chi connectivity index (χ3n) is 4.60. The molecule has 1 saturated heterocycles. The van der Waals surface area contributed by atoms with E-state index in [2.05, 4.69) is 5.32 Å². The van der Waals surface area contributed by atoms with Gasteiger partial charge in [0.2, 0.25) is 0 Å². The maximum atomic E-state index is 12.5. The van der Waals surface area contributed by atoms with Crippen molar-refractivity contribution in [3.63, 3.8) is 0 Å². The molecule has 0 radical (unpaired) electrons. The van der Waals surface area contributed by atoms with E-state index >= 15 is 0 Å². The molecule has 1 heterocycles. The van der Waals surface area contributed by atoms with Gasteiger partial charge in [-0.3, -0.25) is 4.79 Å². The third kappa shape index (κ3) is 6.24. The Bertz CT molecular complexity index is 609. The van der Waals surface area contributed by atoms with Crippen LogP contribution in [0.5, 0.6) is 0 Å². The Balaban J connectivity index is 1.95. The Kier molecular flexibility index (Phi) is 7.24. The van der Waals surface area contributed by atoms with Gasteiger partial charge in [0.1, 0.15) is 0 Å². The van der Waals surface area contributed by atoms with Gasteiger partial charge in [0.05, 0.1) is 24.5 Å². The SMILES string of the molecule is COC(=O)[C@@H](CCC1CCNCC1)CS(=O)(=O)Cc1ccccc1. The molecule has 0 spiro atoms. The quantitative estimate of drug-likeness (QED) is 0.725. The summed E-state index contributed by atoms with van der Waals surface area (Å²) in [7, 11) is -2.03. The van der Waals surface area contributed by atoms with Gasteiger partial charge in [-0.05, 0) is 50.3 Å². The van der Waals surface area contributed by atoms with Crippen LogP contribution in [0.2, 0.25) is 0 Å². The largest absolute Gasteiger partial charge is 0.469 e. The van der Waals surface area contributed by atoms with Crippen LogP contribution in [0, 0.1) is 11.8 Å². The van der Waals surface area contributed by atoms with Crippen LogP contribution in [-0.4, -0.2) is 40.3 Å². The molecule has 1 aliphatic rings. The van der Waals surface area contributed by atoms with E-state index in [1.165, 1.54) is 7.11 Å². The second-order valence-corrected chi connectivity index (χ2v) is 8.64. The number of sulfone groups is 1. The van der Waals surface area contributed by atoms with E-state index in [1.807, 2.05) is 18.2 Å². The highest BCUT2D eigenvalue weighted by Gasteiger charge is 2.27. The molecule has 2 rings (SSSR count). The maximum Gasteiger partial charge on any atom is 0.309 e. The highest BCUT2D eigenvalue weighted by atomic mass is 32.2. The fraction of sp³-hybridized carbons (Fsp3) is 0.611. The average molecular weight is 353 g/mol. The van der Waals surface area contributed by atoms with Crippen molar-refractivity contribution in [2.45, 2.75) is 31.4 Å². The molecular weight excluding hydrogens is 326 g/mol. The first kappa shape index (κ1) is 18.9. The summed E-state index contributed by atoms with van der Waals surface area (Å²) in [6.07, 6.45) is 3.63. The fourth-order valence-electron chi connectivity index (χ4n) is 3.24. The molecular formula is C18H27NO4S. The number of piperidine rings is 1. The molecule has 1 aromatic carbocycles. The predicted molar refractivity (Wildman–Crippen MR) is 94.3 cm³/mol. The van der Waals surface area contributed by atoms with Crippen LogP contribution in [0.3, 0.4) is 0 Å². The van der Waals surface area contributed by atoms with Gasteiger partial charge in [0, 0.05) is 0 Å². The topological polar surface area (TPSA) is 72.5 Å². The van der Waals surface area contributed by atoms with Crippen LogP contribution < -0.4 is 5.32 Å². The highest BCUT2D eigenvalue weighted by molar-refractivity contribution is 7.90. The molecule has 24 heavy (non-hydrogen) atoms. The highest BCUT2D eigenvalue weighted by Crippen LogP contribution is 2.23. The number of carbonyl (C=O) groups excluding carboxylic acids is 1. The van der Waals surface area contributed by atoms with Crippen LogP contribution in [0.4, 0.5) is 0 Å². The van der Waals surface area contributed by atoms with Gasteiger partial charge in [0.15, 0.2) is 9.84 Å². The minimum atomic E-state index is -3.36. The van der Waals surface area contributed by atoms with E-state index in [-0.39, 0.29) is 11.5 Å². The summed E-state index contributed by atoms with van der Waals surface area (Å²) in [5.41, 5.74) is 0.750. The lowest BCUT2D eigenvalue weighted by molar-refractivity contribution is -0.145. The van der Waals surface area contributed by atoms with Crippen LogP contribution >= 0.6 is 0 Å². The van der Waals surface area contributed by atoms with Crippen molar-refractivity contribution in [3.8, 4) is 0 Å². The van der Waals surface area contributed by atoms with E-state index < -0.39 is 21.7 Å². The molecule has 0 saturated carbocycles. The van der Waals surface area contributed by atoms with Crippen molar-refractivity contribution in [1.82, 2.24) is 5.32 Å². The molecule has 0 aromatic heterocycles. The number of hydrogen-bond acceptors (Lipinski definition) is 5. The summed E-state index contributed by atoms with van der Waals surface area (Å²) in [5, 5.41) is 3.31. The molecule has 134 valence electrons. The van der Waals surface area contributed by atoms with Gasteiger partial charge < -0.3 is 10.1 Å². The number of carbonyl (C=O) groups is 1. The Hall–Kier alpha value is -1.40. The monoisotopic (exact) mass is 353 g/mol. The molecule has 1 fully saturated rings. The van der Waals surface area contributed by atoms with Crippen LogP contribution in [-0.2, 0) is 25.1 Å². The second kappa shape index (κ2) is 9.18. The zero-order valence-electron chi connectivity index (χ0n) is 14.2. The van der Waals surface area contributed by atoms with Crippen LogP contribution in [0.1, 0.15) is 31.2 Å². The number of esters is 1. The Morgan fingerprint density at radius 3 is 2.54 bits per heavy atom. The molecule has 1 aliphatic heterocycles. The van der Waals surface area contributed by atoms with E-state index in [9.17, 15) is 13.2 Å². The molecule has 6 heteroatoms. The molecule has 0 amide bonds. The third-order valence-corrected chi connectivity index (χ3v) is 6.28. The fourth-order valence-corrected chi connectivity index (χ4v) is 4.97. The Labute approximate surface area is 144 Å². The molecule has 1 N–H and O–H groups in total. The van der Waals surface area contributed by atoms with Crippen molar-refractivity contribution >= 4 is 15.8 Å². The number of nitrogens with one attached hydrogen (secondary N) is 1. The summed E-state index contributed by atoms with van der Waals surface area (Å²) >= 11 is 0. The van der Waals surface area contributed by atoms with Gasteiger partial charge in [0.25, 0.3) is 0 Å². The summed E-state index contributed by atoms with van der Waals surface area (Å²) in [5.74, 6) is -0.594.